The number of anilines is 1. The van der Waals surface area contributed by atoms with Crippen LogP contribution in [0, 0.1) is 17.2 Å². The summed E-state index contributed by atoms with van der Waals surface area (Å²) in [6.45, 7) is 6.87. The van der Waals surface area contributed by atoms with Gasteiger partial charge < -0.3 is 20.9 Å². The molecule has 1 aliphatic rings. The third-order valence-electron chi connectivity index (χ3n) is 4.33. The molecule has 4 N–H and O–H groups in total. The number of nitriles is 1. The minimum atomic E-state index is -0.468. The molecule has 0 aliphatic carbocycles. The molecule has 0 radical (unpaired) electrons. The first kappa shape index (κ1) is 18.0. The van der Waals surface area contributed by atoms with Crippen LogP contribution in [0.3, 0.4) is 0 Å². The normalized spacial score (nSPS) is 14.6. The van der Waals surface area contributed by atoms with Crippen molar-refractivity contribution >= 4 is 5.82 Å². The average Bonchev–Trinajstić information content (AvgIpc) is 2.57. The van der Waals surface area contributed by atoms with Crippen molar-refractivity contribution in [3.63, 3.8) is 0 Å². The zero-order valence-electron chi connectivity index (χ0n) is 15.4. The molecule has 3 rings (SSSR count). The molecule has 6 nitrogen and oxygen atoms in total. The Hall–Kier alpha value is -2.78. The topological polar surface area (TPSA) is 107 Å². The number of nitrogens with two attached hydrogens (primary N) is 2. The van der Waals surface area contributed by atoms with Crippen LogP contribution in [0.1, 0.15) is 38.3 Å². The molecular formula is C20H24N4O2. The van der Waals surface area contributed by atoms with Gasteiger partial charge in [0, 0.05) is 22.9 Å². The first-order chi connectivity index (χ1) is 12.3. The monoisotopic (exact) mass is 352 g/mol. The highest BCUT2D eigenvalue weighted by Crippen LogP contribution is 2.43. The number of hydrogen-bond acceptors (Lipinski definition) is 6. The lowest BCUT2D eigenvalue weighted by Gasteiger charge is -2.28. The number of ether oxygens (including phenoxy) is 2. The summed E-state index contributed by atoms with van der Waals surface area (Å²) in [5.74, 6) is 1.90. The lowest BCUT2D eigenvalue weighted by atomic mass is 9.92. The van der Waals surface area contributed by atoms with E-state index < -0.39 is 5.54 Å². The molecule has 0 bridgehead atoms. The SMILES string of the molecule is CC(C)C[C@](C)(N)COc1ccc2c(c1C#N)OCc1cnc(N)cc1-2. The molecule has 0 amide bonds. The Morgan fingerprint density at radius 3 is 2.85 bits per heavy atom. The maximum atomic E-state index is 9.67. The van der Waals surface area contributed by atoms with Crippen molar-refractivity contribution < 1.29 is 9.47 Å². The van der Waals surface area contributed by atoms with E-state index in [1.807, 2.05) is 13.0 Å². The second-order valence-corrected chi connectivity index (χ2v) is 7.52. The van der Waals surface area contributed by atoms with Crippen LogP contribution in [0.5, 0.6) is 11.5 Å². The van der Waals surface area contributed by atoms with E-state index >= 15 is 0 Å². The van der Waals surface area contributed by atoms with Crippen molar-refractivity contribution in [2.75, 3.05) is 12.3 Å². The van der Waals surface area contributed by atoms with Gasteiger partial charge >= 0.3 is 0 Å². The van der Waals surface area contributed by atoms with E-state index in [0.717, 1.165) is 23.1 Å². The van der Waals surface area contributed by atoms with Crippen molar-refractivity contribution in [2.45, 2.75) is 39.3 Å². The Morgan fingerprint density at radius 2 is 2.15 bits per heavy atom. The Morgan fingerprint density at radius 1 is 1.38 bits per heavy atom. The fourth-order valence-electron chi connectivity index (χ4n) is 3.40. The number of aromatic nitrogens is 1. The number of hydrogen-bond donors (Lipinski definition) is 2. The van der Waals surface area contributed by atoms with Crippen LogP contribution in [-0.2, 0) is 6.61 Å². The molecule has 2 aromatic rings. The average molecular weight is 352 g/mol. The number of nitrogen functional groups attached to an aromatic ring is 1. The molecule has 1 atom stereocenters. The van der Waals surface area contributed by atoms with Crippen molar-refractivity contribution in [2.24, 2.45) is 11.7 Å². The predicted octanol–water partition coefficient (Wildman–Crippen LogP) is 3.24. The van der Waals surface area contributed by atoms with Crippen LogP contribution >= 0.6 is 0 Å². The number of fused-ring (bicyclic) bond motifs is 3. The smallest absolute Gasteiger partial charge is 0.149 e. The molecule has 0 spiro atoms. The fourth-order valence-corrected chi connectivity index (χ4v) is 3.40. The Labute approximate surface area is 153 Å². The van der Waals surface area contributed by atoms with Gasteiger partial charge in [0.25, 0.3) is 0 Å². The van der Waals surface area contributed by atoms with Gasteiger partial charge in [0.05, 0.1) is 0 Å². The maximum Gasteiger partial charge on any atom is 0.149 e. The maximum absolute atomic E-state index is 9.67. The van der Waals surface area contributed by atoms with Crippen LogP contribution in [0.25, 0.3) is 11.1 Å². The lowest BCUT2D eigenvalue weighted by Crippen LogP contribution is -2.43. The van der Waals surface area contributed by atoms with E-state index in [1.165, 1.54) is 0 Å². The molecule has 1 aromatic carbocycles. The van der Waals surface area contributed by atoms with Crippen LogP contribution in [0.2, 0.25) is 0 Å². The minimum Gasteiger partial charge on any atom is -0.490 e. The van der Waals surface area contributed by atoms with Gasteiger partial charge in [0.2, 0.25) is 0 Å². The van der Waals surface area contributed by atoms with E-state index in [9.17, 15) is 5.26 Å². The number of pyridine rings is 1. The van der Waals surface area contributed by atoms with Crippen molar-refractivity contribution in [1.82, 2.24) is 4.98 Å². The first-order valence-electron chi connectivity index (χ1n) is 8.67. The molecular weight excluding hydrogens is 328 g/mol. The van der Waals surface area contributed by atoms with Crippen molar-refractivity contribution in [3.05, 3.63) is 35.5 Å². The summed E-state index contributed by atoms with van der Waals surface area (Å²) >= 11 is 0. The molecule has 0 saturated heterocycles. The summed E-state index contributed by atoms with van der Waals surface area (Å²) in [4.78, 5) is 4.10. The van der Waals surface area contributed by atoms with Crippen LogP contribution in [0.4, 0.5) is 5.82 Å². The molecule has 1 aliphatic heterocycles. The van der Waals surface area contributed by atoms with E-state index in [2.05, 4.69) is 24.9 Å². The highest BCUT2D eigenvalue weighted by Gasteiger charge is 2.26. The molecule has 26 heavy (non-hydrogen) atoms. The lowest BCUT2D eigenvalue weighted by molar-refractivity contribution is 0.205. The molecule has 0 fully saturated rings. The third-order valence-corrected chi connectivity index (χ3v) is 4.33. The van der Waals surface area contributed by atoms with E-state index in [4.69, 9.17) is 20.9 Å². The molecule has 0 saturated carbocycles. The largest absolute Gasteiger partial charge is 0.490 e. The van der Waals surface area contributed by atoms with Gasteiger partial charge in [-0.1, -0.05) is 13.8 Å². The highest BCUT2D eigenvalue weighted by molar-refractivity contribution is 5.80. The molecule has 6 heteroatoms. The Kier molecular flexibility index (Phi) is 4.75. The van der Waals surface area contributed by atoms with Crippen LogP contribution < -0.4 is 20.9 Å². The van der Waals surface area contributed by atoms with Gasteiger partial charge in [-0.05, 0) is 43.0 Å². The summed E-state index contributed by atoms with van der Waals surface area (Å²) in [6, 6.07) is 7.69. The standard InChI is InChI=1S/C20H24N4O2/c1-12(2)7-20(3,23)11-26-17-5-4-14-15-6-18(22)24-9-13(15)10-25-19(14)16(17)8-21/h4-6,9,12H,7,10-11,23H2,1-3H3,(H2,22,24)/t20-/m0/s1. The summed E-state index contributed by atoms with van der Waals surface area (Å²) in [5.41, 5.74) is 14.7. The van der Waals surface area contributed by atoms with Gasteiger partial charge in [-0.25, -0.2) is 4.98 Å². The van der Waals surface area contributed by atoms with Crippen LogP contribution in [-0.4, -0.2) is 17.1 Å². The summed E-state index contributed by atoms with van der Waals surface area (Å²) in [7, 11) is 0. The third kappa shape index (κ3) is 3.58. The number of benzene rings is 1. The zero-order valence-corrected chi connectivity index (χ0v) is 15.4. The van der Waals surface area contributed by atoms with Crippen molar-refractivity contribution in [3.8, 4) is 28.7 Å². The zero-order chi connectivity index (χ0) is 18.9. The van der Waals surface area contributed by atoms with Gasteiger partial charge in [-0.3, -0.25) is 0 Å². The molecule has 2 heterocycles. The second-order valence-electron chi connectivity index (χ2n) is 7.52. The molecule has 136 valence electrons. The summed E-state index contributed by atoms with van der Waals surface area (Å²) < 4.78 is 11.7. The second kappa shape index (κ2) is 6.85. The van der Waals surface area contributed by atoms with Gasteiger partial charge in [0.1, 0.15) is 42.2 Å². The minimum absolute atomic E-state index is 0.325. The summed E-state index contributed by atoms with van der Waals surface area (Å²) in [6.07, 6.45) is 2.53. The quantitative estimate of drug-likeness (QED) is 0.855. The van der Waals surface area contributed by atoms with Crippen molar-refractivity contribution in [1.29, 1.82) is 5.26 Å². The molecule has 0 unspecified atom stereocenters. The molecule has 1 aromatic heterocycles. The van der Waals surface area contributed by atoms with Gasteiger partial charge in [0.15, 0.2) is 0 Å². The predicted molar refractivity (Wildman–Crippen MR) is 101 cm³/mol. The highest BCUT2D eigenvalue weighted by atomic mass is 16.5. The fraction of sp³-hybridized carbons (Fsp3) is 0.400. The number of nitrogens with zero attached hydrogens (tertiary/aromatic N) is 2. The van der Waals surface area contributed by atoms with Gasteiger partial charge in [-0.15, -0.1) is 0 Å². The van der Waals surface area contributed by atoms with E-state index in [1.54, 1.807) is 18.3 Å². The first-order valence-corrected chi connectivity index (χ1v) is 8.67. The van der Waals surface area contributed by atoms with E-state index in [-0.39, 0.29) is 0 Å². The van der Waals surface area contributed by atoms with E-state index in [0.29, 0.717) is 42.0 Å². The Bertz CT molecular complexity index is 869. The van der Waals surface area contributed by atoms with Gasteiger partial charge in [-0.2, -0.15) is 5.26 Å². The van der Waals surface area contributed by atoms with Crippen LogP contribution in [0.15, 0.2) is 24.4 Å². The summed E-state index contributed by atoms with van der Waals surface area (Å²) in [5, 5.41) is 9.67. The Balaban J connectivity index is 1.93. The number of rotatable bonds is 5.